The fourth-order valence-corrected chi connectivity index (χ4v) is 5.03. The number of ether oxygens (including phenoxy) is 1. The Morgan fingerprint density at radius 3 is 2.27 bits per heavy atom. The molecule has 8 nitrogen and oxygen atoms in total. The topological polar surface area (TPSA) is 89.4 Å². The fourth-order valence-electron chi connectivity index (χ4n) is 5.03. The van der Waals surface area contributed by atoms with Crippen LogP contribution in [0.3, 0.4) is 0 Å². The van der Waals surface area contributed by atoms with Crippen LogP contribution in [0.1, 0.15) is 35.2 Å². The van der Waals surface area contributed by atoms with Crippen molar-refractivity contribution in [3.05, 3.63) is 119 Å². The number of aryl methyl sites for hydroxylation is 2. The number of benzene rings is 4. The van der Waals surface area contributed by atoms with Crippen LogP contribution in [0.15, 0.2) is 97.1 Å². The largest absolute Gasteiger partial charge is 0.494 e. The second-order valence-electron chi connectivity index (χ2n) is 9.85. The van der Waals surface area contributed by atoms with Crippen LogP contribution in [-0.2, 0) is 22.7 Å². The summed E-state index contributed by atoms with van der Waals surface area (Å²) in [5.74, 6) is 0.114. The predicted molar refractivity (Wildman–Crippen MR) is 160 cm³/mol. The van der Waals surface area contributed by atoms with Crippen LogP contribution in [-0.4, -0.2) is 33.4 Å². The first kappa shape index (κ1) is 27.6. The molecular weight excluding hydrogens is 514 g/mol. The quantitative estimate of drug-likeness (QED) is 0.248. The van der Waals surface area contributed by atoms with Gasteiger partial charge in [-0.2, -0.15) is 0 Å². The highest BCUT2D eigenvalue weighted by Crippen LogP contribution is 2.34. The molecule has 0 aliphatic heterocycles. The van der Waals surface area contributed by atoms with E-state index in [-0.39, 0.29) is 18.4 Å². The molecule has 1 atom stereocenters. The highest BCUT2D eigenvalue weighted by atomic mass is 16.5. The van der Waals surface area contributed by atoms with Crippen molar-refractivity contribution in [2.75, 3.05) is 11.5 Å². The number of rotatable bonds is 10. The predicted octanol–water partition coefficient (Wildman–Crippen LogP) is 5.54. The van der Waals surface area contributed by atoms with Crippen molar-refractivity contribution >= 4 is 28.5 Å². The smallest absolute Gasteiger partial charge is 0.249 e. The van der Waals surface area contributed by atoms with E-state index in [4.69, 9.17) is 4.74 Å². The number of amides is 2. The zero-order valence-corrected chi connectivity index (χ0v) is 23.4. The number of anilines is 1. The summed E-state index contributed by atoms with van der Waals surface area (Å²) in [4.78, 5) is 30.1. The van der Waals surface area contributed by atoms with Gasteiger partial charge in [-0.05, 0) is 67.3 Å². The zero-order chi connectivity index (χ0) is 28.8. The van der Waals surface area contributed by atoms with Gasteiger partial charge in [0.1, 0.15) is 23.9 Å². The fraction of sp³-hybridized carbons (Fsp3) is 0.212. The van der Waals surface area contributed by atoms with Crippen LogP contribution in [0.5, 0.6) is 5.75 Å². The molecule has 0 saturated heterocycles. The summed E-state index contributed by atoms with van der Waals surface area (Å²) >= 11 is 0. The van der Waals surface area contributed by atoms with Crippen molar-refractivity contribution in [1.82, 2.24) is 20.3 Å². The van der Waals surface area contributed by atoms with E-state index in [1.165, 1.54) is 0 Å². The molecule has 0 spiro atoms. The Bertz CT molecular complexity index is 1630. The lowest BCUT2D eigenvalue weighted by Crippen LogP contribution is -2.45. The Hall–Kier alpha value is -4.98. The Labute approximate surface area is 239 Å². The minimum absolute atomic E-state index is 0.0895. The molecule has 1 aromatic heterocycles. The van der Waals surface area contributed by atoms with E-state index in [9.17, 15) is 9.59 Å². The SMILES string of the molecule is CCOc1ccc([C@@H](C(=O)NCc2ccccc2)N(C(=O)Cn2nnc3ccccc32)c2c(C)cccc2C)cc1. The number of aromatic nitrogens is 3. The molecule has 0 aliphatic carbocycles. The van der Waals surface area contributed by atoms with Crippen molar-refractivity contribution in [2.45, 2.75) is 39.9 Å². The monoisotopic (exact) mass is 547 g/mol. The van der Waals surface area contributed by atoms with E-state index in [0.29, 0.717) is 35.7 Å². The third kappa shape index (κ3) is 6.11. The summed E-state index contributed by atoms with van der Waals surface area (Å²) in [6.07, 6.45) is 0. The van der Waals surface area contributed by atoms with Crippen LogP contribution < -0.4 is 15.0 Å². The van der Waals surface area contributed by atoms with Gasteiger partial charge >= 0.3 is 0 Å². The molecule has 8 heteroatoms. The average molecular weight is 548 g/mol. The van der Waals surface area contributed by atoms with E-state index >= 15 is 0 Å². The maximum atomic E-state index is 14.4. The molecule has 1 heterocycles. The number of fused-ring (bicyclic) bond motifs is 1. The van der Waals surface area contributed by atoms with Crippen molar-refractivity contribution in [1.29, 1.82) is 0 Å². The Kier molecular flexibility index (Phi) is 8.39. The second-order valence-corrected chi connectivity index (χ2v) is 9.85. The van der Waals surface area contributed by atoms with Gasteiger partial charge in [0.2, 0.25) is 11.8 Å². The van der Waals surface area contributed by atoms with Crippen molar-refractivity contribution < 1.29 is 14.3 Å². The summed E-state index contributed by atoms with van der Waals surface area (Å²) in [5, 5.41) is 11.5. The number of carbonyl (C=O) groups excluding carboxylic acids is 2. The van der Waals surface area contributed by atoms with Crippen LogP contribution in [0.25, 0.3) is 11.0 Å². The Balaban J connectivity index is 1.59. The highest BCUT2D eigenvalue weighted by molar-refractivity contribution is 6.02. The number of para-hydroxylation sites is 2. The number of nitrogens with zero attached hydrogens (tertiary/aromatic N) is 4. The van der Waals surface area contributed by atoms with Crippen molar-refractivity contribution in [2.24, 2.45) is 0 Å². The van der Waals surface area contributed by atoms with Gasteiger partial charge in [-0.1, -0.05) is 78.0 Å². The van der Waals surface area contributed by atoms with Crippen LogP contribution in [0, 0.1) is 13.8 Å². The van der Waals surface area contributed by atoms with Gasteiger partial charge in [0, 0.05) is 6.54 Å². The molecule has 2 amide bonds. The summed E-state index contributed by atoms with van der Waals surface area (Å²) in [5.41, 5.74) is 5.53. The number of hydrogen-bond acceptors (Lipinski definition) is 5. The summed E-state index contributed by atoms with van der Waals surface area (Å²) in [7, 11) is 0. The van der Waals surface area contributed by atoms with Gasteiger partial charge in [0.25, 0.3) is 0 Å². The first-order valence-corrected chi connectivity index (χ1v) is 13.7. The highest BCUT2D eigenvalue weighted by Gasteiger charge is 2.35. The molecule has 0 unspecified atom stereocenters. The molecule has 0 saturated carbocycles. The molecule has 0 aliphatic rings. The van der Waals surface area contributed by atoms with Gasteiger partial charge in [0.05, 0.1) is 17.8 Å². The second kappa shape index (κ2) is 12.5. The third-order valence-electron chi connectivity index (χ3n) is 6.98. The third-order valence-corrected chi connectivity index (χ3v) is 6.98. The lowest BCUT2D eigenvalue weighted by atomic mass is 9.99. The van der Waals surface area contributed by atoms with Crippen LogP contribution in [0.2, 0.25) is 0 Å². The first-order chi connectivity index (χ1) is 20.0. The summed E-state index contributed by atoms with van der Waals surface area (Å²) < 4.78 is 7.23. The molecule has 208 valence electrons. The molecular formula is C33H33N5O3. The van der Waals surface area contributed by atoms with Gasteiger partial charge < -0.3 is 10.1 Å². The minimum atomic E-state index is -0.948. The van der Waals surface area contributed by atoms with Gasteiger partial charge in [-0.25, -0.2) is 4.68 Å². The van der Waals surface area contributed by atoms with Gasteiger partial charge in [-0.3, -0.25) is 14.5 Å². The number of hydrogen-bond donors (Lipinski definition) is 1. The maximum Gasteiger partial charge on any atom is 0.249 e. The zero-order valence-electron chi connectivity index (χ0n) is 23.4. The average Bonchev–Trinajstić information content (AvgIpc) is 3.39. The Morgan fingerprint density at radius 2 is 1.56 bits per heavy atom. The molecule has 0 fully saturated rings. The molecule has 5 rings (SSSR count). The summed E-state index contributed by atoms with van der Waals surface area (Å²) in [6.45, 7) is 6.58. The molecule has 1 N–H and O–H groups in total. The lowest BCUT2D eigenvalue weighted by Gasteiger charge is -2.33. The van der Waals surface area contributed by atoms with E-state index < -0.39 is 6.04 Å². The number of nitrogens with one attached hydrogen (secondary N) is 1. The van der Waals surface area contributed by atoms with Crippen molar-refractivity contribution in [3.8, 4) is 5.75 Å². The van der Waals surface area contributed by atoms with Gasteiger partial charge in [0.15, 0.2) is 0 Å². The molecule has 0 radical (unpaired) electrons. The van der Waals surface area contributed by atoms with Crippen LogP contribution >= 0.6 is 0 Å². The normalized spacial score (nSPS) is 11.7. The van der Waals surface area contributed by atoms with E-state index in [1.54, 1.807) is 9.58 Å². The molecule has 4 aromatic carbocycles. The summed E-state index contributed by atoms with van der Waals surface area (Å²) in [6, 6.07) is 29.4. The Morgan fingerprint density at radius 1 is 0.878 bits per heavy atom. The molecule has 5 aromatic rings. The standard InChI is InChI=1S/C33H33N5O3/c1-4-41-27-19-17-26(18-20-27)32(33(40)34-21-25-13-6-5-7-14-25)38(31-23(2)11-10-12-24(31)3)30(39)22-37-29-16-9-8-15-28(29)35-36-37/h5-20,32H,4,21-22H2,1-3H3,(H,34,40)/t32-/m0/s1. The lowest BCUT2D eigenvalue weighted by molar-refractivity contribution is -0.127. The van der Waals surface area contributed by atoms with Crippen molar-refractivity contribution in [3.63, 3.8) is 0 Å². The maximum absolute atomic E-state index is 14.4. The van der Waals surface area contributed by atoms with E-state index in [1.807, 2.05) is 118 Å². The van der Waals surface area contributed by atoms with E-state index in [2.05, 4.69) is 15.6 Å². The first-order valence-electron chi connectivity index (χ1n) is 13.7. The molecule has 0 bridgehead atoms. The van der Waals surface area contributed by atoms with E-state index in [0.717, 1.165) is 22.2 Å². The van der Waals surface area contributed by atoms with Crippen LogP contribution in [0.4, 0.5) is 5.69 Å². The minimum Gasteiger partial charge on any atom is -0.494 e. The number of carbonyl (C=O) groups is 2. The molecule has 41 heavy (non-hydrogen) atoms. The van der Waals surface area contributed by atoms with Gasteiger partial charge in [-0.15, -0.1) is 5.10 Å².